The Hall–Kier alpha value is -1.80. The number of aryl methyl sites for hydroxylation is 1. The van der Waals surface area contributed by atoms with E-state index in [2.05, 4.69) is 31.2 Å². The van der Waals surface area contributed by atoms with Crippen LogP contribution in [0.4, 0.5) is 0 Å². The van der Waals surface area contributed by atoms with Gasteiger partial charge in [-0.3, -0.25) is 0 Å². The van der Waals surface area contributed by atoms with Crippen LogP contribution in [0.15, 0.2) is 48.5 Å². The maximum Gasteiger partial charge on any atom is 0.119 e. The van der Waals surface area contributed by atoms with Gasteiger partial charge in [0.25, 0.3) is 0 Å². The fraction of sp³-hybridized carbons (Fsp3) is 0.294. The summed E-state index contributed by atoms with van der Waals surface area (Å²) in [6.45, 7) is 4.47. The molecule has 2 aromatic carbocycles. The van der Waals surface area contributed by atoms with Crippen molar-refractivity contribution < 1.29 is 9.84 Å². The summed E-state index contributed by atoms with van der Waals surface area (Å²) in [4.78, 5) is 0. The van der Waals surface area contributed by atoms with E-state index in [4.69, 9.17) is 4.74 Å². The zero-order valence-electron chi connectivity index (χ0n) is 11.5. The fourth-order valence-corrected chi connectivity index (χ4v) is 1.88. The van der Waals surface area contributed by atoms with Gasteiger partial charge >= 0.3 is 0 Å². The van der Waals surface area contributed by atoms with Crippen LogP contribution in [0.5, 0.6) is 5.75 Å². The number of aliphatic hydroxyl groups excluding tert-OH is 1. The average Bonchev–Trinajstić information content (AvgIpc) is 2.46. The van der Waals surface area contributed by atoms with Crippen LogP contribution in [0, 0.1) is 0 Å². The lowest BCUT2D eigenvalue weighted by Crippen LogP contribution is -1.96. The maximum absolute atomic E-state index is 9.43. The number of hydrogen-bond acceptors (Lipinski definition) is 2. The lowest BCUT2D eigenvalue weighted by Gasteiger charge is -2.09. The molecule has 0 unspecified atom stereocenters. The largest absolute Gasteiger partial charge is 0.489 e. The van der Waals surface area contributed by atoms with E-state index in [0.29, 0.717) is 6.61 Å². The minimum Gasteiger partial charge on any atom is -0.489 e. The highest BCUT2D eigenvalue weighted by atomic mass is 16.5. The SMILES string of the molecule is CCc1ccc(COc2ccc([C@@H](C)O)cc2)cc1. The van der Waals surface area contributed by atoms with Crippen molar-refractivity contribution in [2.75, 3.05) is 0 Å². The Labute approximate surface area is 114 Å². The van der Waals surface area contributed by atoms with E-state index in [9.17, 15) is 5.11 Å². The summed E-state index contributed by atoms with van der Waals surface area (Å²) in [5.41, 5.74) is 3.40. The Kier molecular flexibility index (Phi) is 4.58. The zero-order valence-corrected chi connectivity index (χ0v) is 11.5. The lowest BCUT2D eigenvalue weighted by atomic mass is 10.1. The van der Waals surface area contributed by atoms with Crippen molar-refractivity contribution in [3.63, 3.8) is 0 Å². The summed E-state index contributed by atoms with van der Waals surface area (Å²) in [6.07, 6.45) is 0.623. The van der Waals surface area contributed by atoms with Crippen LogP contribution in [-0.4, -0.2) is 5.11 Å². The number of ether oxygens (including phenoxy) is 1. The molecule has 1 atom stereocenters. The molecule has 100 valence electrons. The predicted molar refractivity (Wildman–Crippen MR) is 77.2 cm³/mol. The average molecular weight is 256 g/mol. The minimum absolute atomic E-state index is 0.435. The maximum atomic E-state index is 9.43. The monoisotopic (exact) mass is 256 g/mol. The van der Waals surface area contributed by atoms with Crippen molar-refractivity contribution >= 4 is 0 Å². The predicted octanol–water partition coefficient (Wildman–Crippen LogP) is 3.88. The number of aliphatic hydroxyl groups is 1. The van der Waals surface area contributed by atoms with Crippen LogP contribution in [0.3, 0.4) is 0 Å². The molecule has 0 aliphatic carbocycles. The highest BCUT2D eigenvalue weighted by Gasteiger charge is 2.01. The molecule has 0 amide bonds. The molecule has 1 N–H and O–H groups in total. The molecule has 19 heavy (non-hydrogen) atoms. The molecular formula is C17H20O2. The van der Waals surface area contributed by atoms with Gasteiger partial charge in [-0.15, -0.1) is 0 Å². The first-order valence-corrected chi connectivity index (χ1v) is 6.67. The molecule has 0 saturated carbocycles. The second kappa shape index (κ2) is 6.39. The smallest absolute Gasteiger partial charge is 0.119 e. The van der Waals surface area contributed by atoms with Crippen molar-refractivity contribution in [2.24, 2.45) is 0 Å². The van der Waals surface area contributed by atoms with Gasteiger partial charge in [0.05, 0.1) is 6.10 Å². The summed E-state index contributed by atoms with van der Waals surface area (Å²) >= 11 is 0. The number of rotatable bonds is 5. The third kappa shape index (κ3) is 3.83. The number of benzene rings is 2. The van der Waals surface area contributed by atoms with E-state index in [1.807, 2.05) is 24.3 Å². The van der Waals surface area contributed by atoms with E-state index in [1.54, 1.807) is 6.92 Å². The van der Waals surface area contributed by atoms with E-state index < -0.39 is 6.10 Å². The highest BCUT2D eigenvalue weighted by molar-refractivity contribution is 5.29. The normalized spacial score (nSPS) is 12.2. The van der Waals surface area contributed by atoms with Crippen molar-refractivity contribution in [1.82, 2.24) is 0 Å². The van der Waals surface area contributed by atoms with E-state index >= 15 is 0 Å². The molecule has 0 bridgehead atoms. The fourth-order valence-electron chi connectivity index (χ4n) is 1.88. The first-order chi connectivity index (χ1) is 9.19. The van der Waals surface area contributed by atoms with Gasteiger partial charge < -0.3 is 9.84 Å². The molecule has 2 heteroatoms. The van der Waals surface area contributed by atoms with Crippen LogP contribution in [0.1, 0.15) is 36.6 Å². The first kappa shape index (κ1) is 13.6. The van der Waals surface area contributed by atoms with Crippen LogP contribution in [-0.2, 0) is 13.0 Å². The lowest BCUT2D eigenvalue weighted by molar-refractivity contribution is 0.199. The zero-order chi connectivity index (χ0) is 13.7. The second-order valence-electron chi connectivity index (χ2n) is 4.70. The van der Waals surface area contributed by atoms with E-state index in [-0.39, 0.29) is 0 Å². The van der Waals surface area contributed by atoms with E-state index in [1.165, 1.54) is 5.56 Å². The summed E-state index contributed by atoms with van der Waals surface area (Å²) in [5.74, 6) is 0.823. The Morgan fingerprint density at radius 3 is 2.05 bits per heavy atom. The summed E-state index contributed by atoms with van der Waals surface area (Å²) < 4.78 is 5.72. The van der Waals surface area contributed by atoms with Gasteiger partial charge in [0.1, 0.15) is 12.4 Å². The van der Waals surface area contributed by atoms with E-state index in [0.717, 1.165) is 23.3 Å². The van der Waals surface area contributed by atoms with Crippen LogP contribution >= 0.6 is 0 Å². The minimum atomic E-state index is -0.435. The Balaban J connectivity index is 1.94. The molecule has 2 aromatic rings. The third-order valence-electron chi connectivity index (χ3n) is 3.20. The van der Waals surface area contributed by atoms with Gasteiger partial charge in [-0.2, -0.15) is 0 Å². The van der Waals surface area contributed by atoms with Gasteiger partial charge in [0, 0.05) is 0 Å². The van der Waals surface area contributed by atoms with Crippen molar-refractivity contribution in [3.05, 3.63) is 65.2 Å². The molecule has 0 spiro atoms. The molecule has 2 rings (SSSR count). The molecule has 0 heterocycles. The molecule has 0 fully saturated rings. The summed E-state index contributed by atoms with van der Waals surface area (Å²) in [5, 5.41) is 9.43. The van der Waals surface area contributed by atoms with Crippen molar-refractivity contribution in [1.29, 1.82) is 0 Å². The van der Waals surface area contributed by atoms with Crippen LogP contribution in [0.2, 0.25) is 0 Å². The molecular weight excluding hydrogens is 236 g/mol. The molecule has 0 aliphatic heterocycles. The third-order valence-corrected chi connectivity index (χ3v) is 3.20. The molecule has 0 aromatic heterocycles. The highest BCUT2D eigenvalue weighted by Crippen LogP contribution is 2.18. The van der Waals surface area contributed by atoms with Gasteiger partial charge in [-0.1, -0.05) is 43.3 Å². The van der Waals surface area contributed by atoms with Crippen molar-refractivity contribution in [3.8, 4) is 5.75 Å². The molecule has 0 radical (unpaired) electrons. The number of hydrogen-bond donors (Lipinski definition) is 1. The standard InChI is InChI=1S/C17H20O2/c1-3-14-4-6-15(7-5-14)12-19-17-10-8-16(9-11-17)13(2)18/h4-11,13,18H,3,12H2,1-2H3/t13-/m1/s1. The topological polar surface area (TPSA) is 29.5 Å². The van der Waals surface area contributed by atoms with Gasteiger partial charge in [-0.05, 0) is 42.2 Å². The Morgan fingerprint density at radius 1 is 0.947 bits per heavy atom. The summed E-state index contributed by atoms with van der Waals surface area (Å²) in [6, 6.07) is 16.0. The molecule has 2 nitrogen and oxygen atoms in total. The van der Waals surface area contributed by atoms with Crippen molar-refractivity contribution in [2.45, 2.75) is 33.0 Å². The summed E-state index contributed by atoms with van der Waals surface area (Å²) in [7, 11) is 0. The van der Waals surface area contributed by atoms with Crippen LogP contribution < -0.4 is 4.74 Å². The Bertz CT molecular complexity index is 498. The Morgan fingerprint density at radius 2 is 1.53 bits per heavy atom. The quantitative estimate of drug-likeness (QED) is 0.879. The molecule has 0 aliphatic rings. The molecule has 0 saturated heterocycles. The first-order valence-electron chi connectivity index (χ1n) is 6.67. The van der Waals surface area contributed by atoms with Gasteiger partial charge in [0.15, 0.2) is 0 Å². The second-order valence-corrected chi connectivity index (χ2v) is 4.70. The van der Waals surface area contributed by atoms with Gasteiger partial charge in [-0.25, -0.2) is 0 Å². The van der Waals surface area contributed by atoms with Crippen LogP contribution in [0.25, 0.3) is 0 Å². The van der Waals surface area contributed by atoms with Gasteiger partial charge in [0.2, 0.25) is 0 Å².